The van der Waals surface area contributed by atoms with Crippen LogP contribution in [0.1, 0.15) is 40.8 Å². The predicted molar refractivity (Wildman–Crippen MR) is 117 cm³/mol. The summed E-state index contributed by atoms with van der Waals surface area (Å²) in [7, 11) is 0. The smallest absolute Gasteiger partial charge is 0.330 e. The van der Waals surface area contributed by atoms with Crippen molar-refractivity contribution in [3.63, 3.8) is 0 Å². The number of carbonyl (C=O) groups excluding carboxylic acids is 1. The minimum absolute atomic E-state index is 0.121. The molecule has 0 unspecified atom stereocenters. The van der Waals surface area contributed by atoms with Crippen LogP contribution in [0.3, 0.4) is 0 Å². The van der Waals surface area contributed by atoms with Crippen LogP contribution in [-0.4, -0.2) is 38.2 Å². The second kappa shape index (κ2) is 10.5. The monoisotopic (exact) mass is 565 g/mol. The van der Waals surface area contributed by atoms with Crippen molar-refractivity contribution in [1.29, 1.82) is 0 Å². The lowest BCUT2D eigenvalue weighted by Crippen LogP contribution is -2.45. The van der Waals surface area contributed by atoms with Gasteiger partial charge in [-0.05, 0) is 35.7 Å². The molecule has 2 aromatic carbocycles. The Morgan fingerprint density at radius 3 is 2.21 bits per heavy atom. The normalized spacial score (nSPS) is 16.8. The molecule has 0 saturated heterocycles. The van der Waals surface area contributed by atoms with Gasteiger partial charge in [-0.1, -0.05) is 12.1 Å². The molecule has 1 aliphatic heterocycles. The molecule has 1 aliphatic rings. The molecular formula is C24H20F9N5O. The van der Waals surface area contributed by atoms with Crippen molar-refractivity contribution in [2.45, 2.75) is 50.2 Å². The molecule has 0 bridgehead atoms. The molecule has 0 aliphatic carbocycles. The molecule has 0 saturated carbocycles. The molecule has 2 N–H and O–H groups in total. The summed E-state index contributed by atoms with van der Waals surface area (Å²) in [6, 6.07) is 2.64. The van der Waals surface area contributed by atoms with Crippen molar-refractivity contribution >= 4 is 5.91 Å². The maximum atomic E-state index is 14.0. The van der Waals surface area contributed by atoms with E-state index in [1.54, 1.807) is 0 Å². The number of alkyl halides is 6. The topological polar surface area (TPSA) is 77.0 Å². The summed E-state index contributed by atoms with van der Waals surface area (Å²) in [5, 5.41) is 3.46. The molecule has 3 aromatic rings. The van der Waals surface area contributed by atoms with Crippen LogP contribution in [0.4, 0.5) is 39.5 Å². The van der Waals surface area contributed by atoms with Crippen molar-refractivity contribution in [2.75, 3.05) is 6.54 Å². The summed E-state index contributed by atoms with van der Waals surface area (Å²) in [6.07, 6.45) is -10.5. The van der Waals surface area contributed by atoms with Crippen molar-refractivity contribution in [3.05, 3.63) is 82.2 Å². The SMILES string of the molecule is N[C@@H](CC(=O)N1CCn2nc(C(F)(F)F)nc2[C@H]1Cc1ccc(C(F)(F)F)cc1)Cc1cc(F)c(F)cc1F. The van der Waals surface area contributed by atoms with Gasteiger partial charge in [0, 0.05) is 31.5 Å². The summed E-state index contributed by atoms with van der Waals surface area (Å²) in [4.78, 5) is 17.9. The van der Waals surface area contributed by atoms with Gasteiger partial charge >= 0.3 is 12.4 Å². The second-order valence-electron chi connectivity index (χ2n) is 9.04. The average Bonchev–Trinajstić information content (AvgIpc) is 3.28. The Labute approximate surface area is 215 Å². The number of nitrogens with two attached hydrogens (primary N) is 1. The number of aromatic nitrogens is 3. The van der Waals surface area contributed by atoms with Crippen molar-refractivity contribution in [2.24, 2.45) is 5.73 Å². The molecule has 2 atom stereocenters. The molecule has 0 radical (unpaired) electrons. The number of benzene rings is 2. The Bertz CT molecular complexity index is 1350. The zero-order valence-corrected chi connectivity index (χ0v) is 19.8. The Kier molecular flexibility index (Phi) is 7.65. The molecule has 1 aromatic heterocycles. The third-order valence-corrected chi connectivity index (χ3v) is 6.22. The lowest BCUT2D eigenvalue weighted by atomic mass is 9.99. The van der Waals surface area contributed by atoms with Crippen LogP contribution in [0.25, 0.3) is 0 Å². The van der Waals surface area contributed by atoms with E-state index in [0.29, 0.717) is 12.1 Å². The molecule has 0 fully saturated rings. The van der Waals surface area contributed by atoms with Crippen LogP contribution >= 0.6 is 0 Å². The van der Waals surface area contributed by atoms with Gasteiger partial charge in [-0.25, -0.2) is 22.8 Å². The minimum atomic E-state index is -4.88. The Hall–Kier alpha value is -3.62. The second-order valence-corrected chi connectivity index (χ2v) is 9.04. The fourth-order valence-corrected chi connectivity index (χ4v) is 4.35. The number of hydrogen-bond acceptors (Lipinski definition) is 4. The number of hydrogen-bond donors (Lipinski definition) is 1. The van der Waals surface area contributed by atoms with Crippen LogP contribution in [0.5, 0.6) is 0 Å². The summed E-state index contributed by atoms with van der Waals surface area (Å²) in [5.74, 6) is -6.09. The highest BCUT2D eigenvalue weighted by molar-refractivity contribution is 5.77. The van der Waals surface area contributed by atoms with Gasteiger partial charge in [0.1, 0.15) is 5.82 Å². The van der Waals surface area contributed by atoms with E-state index in [-0.39, 0.29) is 42.9 Å². The van der Waals surface area contributed by atoms with Crippen molar-refractivity contribution < 1.29 is 44.3 Å². The van der Waals surface area contributed by atoms with E-state index in [1.807, 2.05) is 0 Å². The lowest BCUT2D eigenvalue weighted by molar-refractivity contribution is -0.145. The fraction of sp³-hybridized carbons (Fsp3) is 0.375. The third-order valence-electron chi connectivity index (χ3n) is 6.22. The number of rotatable bonds is 6. The first-order chi connectivity index (χ1) is 18.1. The zero-order valence-electron chi connectivity index (χ0n) is 19.8. The van der Waals surface area contributed by atoms with E-state index in [9.17, 15) is 44.3 Å². The Morgan fingerprint density at radius 1 is 0.949 bits per heavy atom. The van der Waals surface area contributed by atoms with E-state index in [1.165, 1.54) is 4.90 Å². The fourth-order valence-electron chi connectivity index (χ4n) is 4.35. The van der Waals surface area contributed by atoms with Gasteiger partial charge in [0.25, 0.3) is 5.82 Å². The maximum Gasteiger partial charge on any atom is 0.453 e. The van der Waals surface area contributed by atoms with E-state index in [0.717, 1.165) is 28.9 Å². The van der Waals surface area contributed by atoms with E-state index in [2.05, 4.69) is 10.1 Å². The van der Waals surface area contributed by atoms with Crippen LogP contribution < -0.4 is 5.73 Å². The summed E-state index contributed by atoms with van der Waals surface area (Å²) in [5.41, 5.74) is 5.04. The maximum absolute atomic E-state index is 14.0. The van der Waals surface area contributed by atoms with E-state index >= 15 is 0 Å². The largest absolute Gasteiger partial charge is 0.453 e. The van der Waals surface area contributed by atoms with Crippen LogP contribution in [-0.2, 0) is 36.5 Å². The minimum Gasteiger partial charge on any atom is -0.330 e. The lowest BCUT2D eigenvalue weighted by Gasteiger charge is -2.36. The summed E-state index contributed by atoms with van der Waals surface area (Å²) < 4.78 is 120. The number of fused-ring (bicyclic) bond motifs is 1. The van der Waals surface area contributed by atoms with Gasteiger partial charge < -0.3 is 10.6 Å². The molecule has 210 valence electrons. The predicted octanol–water partition coefficient (Wildman–Crippen LogP) is 4.82. The van der Waals surface area contributed by atoms with Crippen LogP contribution in [0, 0.1) is 17.5 Å². The van der Waals surface area contributed by atoms with Gasteiger partial charge in [-0.3, -0.25) is 4.79 Å². The Balaban J connectivity index is 1.59. The molecule has 4 rings (SSSR count). The van der Waals surface area contributed by atoms with Gasteiger partial charge in [0.2, 0.25) is 5.91 Å². The molecule has 0 spiro atoms. The van der Waals surface area contributed by atoms with Gasteiger partial charge in [0.05, 0.1) is 18.2 Å². The molecular weight excluding hydrogens is 545 g/mol. The molecule has 2 heterocycles. The molecule has 6 nitrogen and oxygen atoms in total. The van der Waals surface area contributed by atoms with Crippen molar-refractivity contribution in [3.8, 4) is 0 Å². The average molecular weight is 565 g/mol. The summed E-state index contributed by atoms with van der Waals surface area (Å²) >= 11 is 0. The standard InChI is InChI=1S/C24H20F9N5O/c25-16-11-18(27)17(26)9-13(16)8-15(34)10-20(39)37-5-6-38-21(35-22(36-38)24(31,32)33)19(37)7-12-1-3-14(4-2-12)23(28,29)30/h1-4,9,11,15,19H,5-8,10,34H2/t15-,19-/m1/s1. The molecule has 1 amide bonds. The van der Waals surface area contributed by atoms with E-state index < -0.39 is 65.6 Å². The first-order valence-corrected chi connectivity index (χ1v) is 11.5. The van der Waals surface area contributed by atoms with Crippen LogP contribution in [0.2, 0.25) is 0 Å². The van der Waals surface area contributed by atoms with Gasteiger partial charge in [-0.15, -0.1) is 5.10 Å². The number of halogens is 9. The summed E-state index contributed by atoms with van der Waals surface area (Å²) in [6.45, 7) is -0.273. The van der Waals surface area contributed by atoms with E-state index in [4.69, 9.17) is 5.73 Å². The number of nitrogens with zero attached hydrogens (tertiary/aromatic N) is 4. The first-order valence-electron chi connectivity index (χ1n) is 11.5. The highest BCUT2D eigenvalue weighted by atomic mass is 19.4. The molecule has 39 heavy (non-hydrogen) atoms. The van der Waals surface area contributed by atoms with Gasteiger partial charge in [-0.2, -0.15) is 26.3 Å². The van der Waals surface area contributed by atoms with Crippen LogP contribution in [0.15, 0.2) is 36.4 Å². The highest BCUT2D eigenvalue weighted by Crippen LogP contribution is 2.34. The Morgan fingerprint density at radius 2 is 1.59 bits per heavy atom. The highest BCUT2D eigenvalue weighted by Gasteiger charge is 2.41. The molecule has 15 heteroatoms. The number of carbonyl (C=O) groups is 1. The van der Waals surface area contributed by atoms with Gasteiger partial charge in [0.15, 0.2) is 17.5 Å². The zero-order chi connectivity index (χ0) is 28.7. The number of amides is 1. The quantitative estimate of drug-likeness (QED) is 0.344. The third kappa shape index (κ3) is 6.34. The van der Waals surface area contributed by atoms with Crippen molar-refractivity contribution in [1.82, 2.24) is 19.7 Å². The first kappa shape index (κ1) is 28.4.